The standard InChI is InChI=1S/C9H7N3O3/c1-5-11-8(15-12-5)6-3-2-4-10-7(6)9(13)14/h2-4H,1H3,(H,13,14). The van der Waals surface area contributed by atoms with E-state index in [1.807, 2.05) is 0 Å². The van der Waals surface area contributed by atoms with E-state index in [9.17, 15) is 4.79 Å². The van der Waals surface area contributed by atoms with Crippen LogP contribution in [0.5, 0.6) is 0 Å². The lowest BCUT2D eigenvalue weighted by atomic mass is 10.2. The largest absolute Gasteiger partial charge is 0.476 e. The Bertz CT molecular complexity index is 507. The van der Waals surface area contributed by atoms with Gasteiger partial charge >= 0.3 is 5.97 Å². The minimum absolute atomic E-state index is 0.0962. The van der Waals surface area contributed by atoms with Crippen LogP contribution in [-0.2, 0) is 0 Å². The van der Waals surface area contributed by atoms with Crippen LogP contribution in [0.1, 0.15) is 16.3 Å². The quantitative estimate of drug-likeness (QED) is 0.790. The maximum absolute atomic E-state index is 10.8. The molecule has 76 valence electrons. The average Bonchev–Trinajstić information content (AvgIpc) is 2.65. The molecule has 0 aliphatic rings. The number of carboxylic acids is 1. The molecule has 0 radical (unpaired) electrons. The Labute approximate surface area is 84.6 Å². The molecule has 0 aliphatic carbocycles. The fourth-order valence-corrected chi connectivity index (χ4v) is 1.15. The molecule has 0 unspecified atom stereocenters. The van der Waals surface area contributed by atoms with E-state index in [-0.39, 0.29) is 11.6 Å². The zero-order chi connectivity index (χ0) is 10.8. The minimum atomic E-state index is -1.12. The third-order valence-electron chi connectivity index (χ3n) is 1.77. The Morgan fingerprint density at radius 1 is 1.53 bits per heavy atom. The normalized spacial score (nSPS) is 10.2. The summed E-state index contributed by atoms with van der Waals surface area (Å²) in [6, 6.07) is 3.19. The van der Waals surface area contributed by atoms with Crippen molar-refractivity contribution in [2.24, 2.45) is 0 Å². The van der Waals surface area contributed by atoms with Crippen molar-refractivity contribution >= 4 is 5.97 Å². The van der Waals surface area contributed by atoms with Gasteiger partial charge in [0.2, 0.25) is 0 Å². The van der Waals surface area contributed by atoms with Gasteiger partial charge in [0, 0.05) is 6.20 Å². The van der Waals surface area contributed by atoms with Gasteiger partial charge in [-0.3, -0.25) is 0 Å². The number of rotatable bonds is 2. The SMILES string of the molecule is Cc1noc(-c2cccnc2C(=O)O)n1. The third-order valence-corrected chi connectivity index (χ3v) is 1.77. The number of aromatic carboxylic acids is 1. The molecule has 0 fully saturated rings. The first-order valence-corrected chi connectivity index (χ1v) is 4.17. The summed E-state index contributed by atoms with van der Waals surface area (Å²) in [5.74, 6) is -0.510. The number of carboxylic acid groups (broad SMARTS) is 1. The second kappa shape index (κ2) is 3.49. The van der Waals surface area contributed by atoms with E-state index in [4.69, 9.17) is 9.63 Å². The maximum atomic E-state index is 10.8. The molecule has 0 aromatic carbocycles. The Balaban J connectivity index is 2.57. The highest BCUT2D eigenvalue weighted by Gasteiger charge is 2.16. The Kier molecular flexibility index (Phi) is 2.17. The Morgan fingerprint density at radius 3 is 2.93 bits per heavy atom. The van der Waals surface area contributed by atoms with Gasteiger partial charge in [0.1, 0.15) is 0 Å². The summed E-state index contributed by atoms with van der Waals surface area (Å²) in [5, 5.41) is 12.5. The van der Waals surface area contributed by atoms with E-state index in [1.165, 1.54) is 6.20 Å². The van der Waals surface area contributed by atoms with Gasteiger partial charge in [0.15, 0.2) is 11.5 Å². The zero-order valence-electron chi connectivity index (χ0n) is 7.84. The molecule has 0 saturated heterocycles. The van der Waals surface area contributed by atoms with Crippen molar-refractivity contribution in [2.45, 2.75) is 6.92 Å². The van der Waals surface area contributed by atoms with Crippen molar-refractivity contribution in [1.29, 1.82) is 0 Å². The van der Waals surface area contributed by atoms with Gasteiger partial charge in [-0.15, -0.1) is 0 Å². The van der Waals surface area contributed by atoms with Crippen LogP contribution in [0.2, 0.25) is 0 Å². The topological polar surface area (TPSA) is 89.1 Å². The Morgan fingerprint density at radius 2 is 2.33 bits per heavy atom. The fraction of sp³-hybridized carbons (Fsp3) is 0.111. The van der Waals surface area contributed by atoms with E-state index >= 15 is 0 Å². The van der Waals surface area contributed by atoms with Crippen LogP contribution >= 0.6 is 0 Å². The summed E-state index contributed by atoms with van der Waals surface area (Å²) in [4.78, 5) is 18.5. The Hall–Kier alpha value is -2.24. The first-order valence-electron chi connectivity index (χ1n) is 4.17. The smallest absolute Gasteiger partial charge is 0.355 e. The second-order valence-electron chi connectivity index (χ2n) is 2.85. The molecule has 15 heavy (non-hydrogen) atoms. The van der Waals surface area contributed by atoms with Gasteiger partial charge in [0.25, 0.3) is 5.89 Å². The van der Waals surface area contributed by atoms with E-state index in [2.05, 4.69) is 15.1 Å². The average molecular weight is 205 g/mol. The van der Waals surface area contributed by atoms with Gasteiger partial charge < -0.3 is 9.63 Å². The molecule has 0 bridgehead atoms. The monoisotopic (exact) mass is 205 g/mol. The first kappa shape index (κ1) is 9.32. The van der Waals surface area contributed by atoms with E-state index < -0.39 is 5.97 Å². The molecule has 0 saturated carbocycles. The van der Waals surface area contributed by atoms with E-state index in [1.54, 1.807) is 19.1 Å². The molecule has 2 rings (SSSR count). The number of aryl methyl sites for hydroxylation is 1. The number of carbonyl (C=O) groups is 1. The summed E-state index contributed by atoms with van der Waals surface area (Å²) < 4.78 is 4.88. The van der Waals surface area contributed by atoms with Crippen LogP contribution in [0, 0.1) is 6.92 Å². The minimum Gasteiger partial charge on any atom is -0.476 e. The molecule has 0 amide bonds. The van der Waals surface area contributed by atoms with Crippen molar-refractivity contribution in [1.82, 2.24) is 15.1 Å². The highest BCUT2D eigenvalue weighted by Crippen LogP contribution is 2.19. The second-order valence-corrected chi connectivity index (χ2v) is 2.85. The first-order chi connectivity index (χ1) is 7.18. The van der Waals surface area contributed by atoms with E-state index in [0.29, 0.717) is 11.4 Å². The number of hydrogen-bond donors (Lipinski definition) is 1. The molecule has 6 nitrogen and oxygen atoms in total. The molecular weight excluding hydrogens is 198 g/mol. The number of nitrogens with zero attached hydrogens (tertiary/aromatic N) is 3. The van der Waals surface area contributed by atoms with Crippen LogP contribution < -0.4 is 0 Å². The summed E-state index contributed by atoms with van der Waals surface area (Å²) in [6.45, 7) is 1.66. The molecule has 0 aliphatic heterocycles. The van der Waals surface area contributed by atoms with Crippen LogP contribution in [0.4, 0.5) is 0 Å². The molecular formula is C9H7N3O3. The van der Waals surface area contributed by atoms with Gasteiger partial charge in [-0.2, -0.15) is 4.98 Å². The highest BCUT2D eigenvalue weighted by atomic mass is 16.5. The van der Waals surface area contributed by atoms with Gasteiger partial charge in [-0.05, 0) is 19.1 Å². The lowest BCUT2D eigenvalue weighted by molar-refractivity contribution is 0.0691. The molecule has 0 atom stereocenters. The fourth-order valence-electron chi connectivity index (χ4n) is 1.15. The molecule has 2 heterocycles. The number of hydrogen-bond acceptors (Lipinski definition) is 5. The summed E-state index contributed by atoms with van der Waals surface area (Å²) >= 11 is 0. The van der Waals surface area contributed by atoms with Crippen molar-refractivity contribution in [3.8, 4) is 11.5 Å². The van der Waals surface area contributed by atoms with Crippen LogP contribution in [0.15, 0.2) is 22.9 Å². The highest BCUT2D eigenvalue weighted by molar-refractivity contribution is 5.92. The number of pyridine rings is 1. The van der Waals surface area contributed by atoms with Crippen molar-refractivity contribution < 1.29 is 14.4 Å². The summed E-state index contributed by atoms with van der Waals surface area (Å²) in [5.41, 5.74) is 0.228. The lowest BCUT2D eigenvalue weighted by Crippen LogP contribution is -2.02. The van der Waals surface area contributed by atoms with Gasteiger partial charge in [0.05, 0.1) is 5.56 Å². The van der Waals surface area contributed by atoms with Crippen molar-refractivity contribution in [3.63, 3.8) is 0 Å². The summed E-state index contributed by atoms with van der Waals surface area (Å²) in [7, 11) is 0. The lowest BCUT2D eigenvalue weighted by Gasteiger charge is -1.98. The number of aromatic nitrogens is 3. The third kappa shape index (κ3) is 1.69. The van der Waals surface area contributed by atoms with Gasteiger partial charge in [-0.1, -0.05) is 5.16 Å². The molecule has 2 aromatic rings. The predicted octanol–water partition coefficient (Wildman–Crippen LogP) is 1.14. The van der Waals surface area contributed by atoms with Gasteiger partial charge in [-0.25, -0.2) is 9.78 Å². The molecule has 2 aromatic heterocycles. The van der Waals surface area contributed by atoms with Crippen LogP contribution in [0.3, 0.4) is 0 Å². The molecule has 6 heteroatoms. The predicted molar refractivity (Wildman–Crippen MR) is 49.2 cm³/mol. The zero-order valence-corrected chi connectivity index (χ0v) is 7.84. The molecule has 1 N–H and O–H groups in total. The van der Waals surface area contributed by atoms with Crippen molar-refractivity contribution in [3.05, 3.63) is 29.8 Å². The maximum Gasteiger partial charge on any atom is 0.355 e. The van der Waals surface area contributed by atoms with Crippen LogP contribution in [-0.4, -0.2) is 26.2 Å². The van der Waals surface area contributed by atoms with Crippen molar-refractivity contribution in [2.75, 3.05) is 0 Å². The van der Waals surface area contributed by atoms with E-state index in [0.717, 1.165) is 0 Å². The molecule has 0 spiro atoms. The van der Waals surface area contributed by atoms with Crippen LogP contribution in [0.25, 0.3) is 11.5 Å². The summed E-state index contributed by atoms with van der Waals surface area (Å²) in [6.07, 6.45) is 1.40.